The Bertz CT molecular complexity index is 487. The topological polar surface area (TPSA) is 35.5 Å². The second-order valence-corrected chi connectivity index (χ2v) is 4.67. The van der Waals surface area contributed by atoms with Gasteiger partial charge in [0.15, 0.2) is 17.3 Å². The summed E-state index contributed by atoms with van der Waals surface area (Å²) < 4.78 is 11.0. The Morgan fingerprint density at radius 2 is 1.94 bits per heavy atom. The third-order valence-electron chi connectivity index (χ3n) is 2.87. The monoisotopic (exact) mass is 246 g/mol. The van der Waals surface area contributed by atoms with Gasteiger partial charge in [-0.1, -0.05) is 6.07 Å². The molecular weight excluding hydrogens is 228 g/mol. The van der Waals surface area contributed by atoms with Gasteiger partial charge in [0.2, 0.25) is 0 Å². The van der Waals surface area contributed by atoms with E-state index in [1.54, 1.807) is 13.2 Å². The van der Waals surface area contributed by atoms with E-state index in [1.807, 2.05) is 32.0 Å². The van der Waals surface area contributed by atoms with Gasteiger partial charge in [0.05, 0.1) is 13.2 Å². The second kappa shape index (κ2) is 5.25. The first-order valence-corrected chi connectivity index (χ1v) is 6.18. The average Bonchev–Trinajstić information content (AvgIpc) is 2.75. The molecule has 0 unspecified atom stereocenters. The van der Waals surface area contributed by atoms with Gasteiger partial charge in [-0.2, -0.15) is 0 Å². The smallest absolute Gasteiger partial charge is 0.161 e. The zero-order valence-electron chi connectivity index (χ0n) is 11.0. The number of carbonyl (C=O) groups is 1. The van der Waals surface area contributed by atoms with Crippen LogP contribution in [0.4, 0.5) is 0 Å². The summed E-state index contributed by atoms with van der Waals surface area (Å²) in [7, 11) is 1.63. The highest BCUT2D eigenvalue weighted by atomic mass is 16.5. The number of ketones is 1. The minimum Gasteiger partial charge on any atom is -0.493 e. The Morgan fingerprint density at radius 3 is 2.50 bits per heavy atom. The number of rotatable bonds is 4. The normalized spacial score (nSPS) is 14.9. The van der Waals surface area contributed by atoms with Crippen molar-refractivity contribution in [1.82, 2.24) is 0 Å². The van der Waals surface area contributed by atoms with E-state index in [9.17, 15) is 4.79 Å². The van der Waals surface area contributed by atoms with Crippen LogP contribution in [-0.4, -0.2) is 19.0 Å². The maximum atomic E-state index is 11.3. The SMILES string of the molecule is COc1cc(C2=CC(=O)CC2)ccc1OC(C)C. The molecule has 0 N–H and O–H groups in total. The zero-order valence-corrected chi connectivity index (χ0v) is 11.0. The van der Waals surface area contributed by atoms with Gasteiger partial charge in [0, 0.05) is 6.42 Å². The average molecular weight is 246 g/mol. The molecule has 0 spiro atoms. The van der Waals surface area contributed by atoms with Crippen LogP contribution >= 0.6 is 0 Å². The Hall–Kier alpha value is -1.77. The molecule has 0 saturated carbocycles. The highest BCUT2D eigenvalue weighted by Crippen LogP contribution is 2.34. The molecule has 3 nitrogen and oxygen atoms in total. The van der Waals surface area contributed by atoms with E-state index < -0.39 is 0 Å². The lowest BCUT2D eigenvalue weighted by Gasteiger charge is -2.14. The molecule has 2 rings (SSSR count). The van der Waals surface area contributed by atoms with E-state index in [-0.39, 0.29) is 11.9 Å². The van der Waals surface area contributed by atoms with Gasteiger partial charge in [-0.25, -0.2) is 0 Å². The standard InChI is InChI=1S/C15H18O3/c1-10(2)18-14-7-5-12(9-15(14)17-3)11-4-6-13(16)8-11/h5,7-10H,4,6H2,1-3H3. The van der Waals surface area contributed by atoms with Crippen molar-refractivity contribution in [2.75, 3.05) is 7.11 Å². The molecule has 1 aliphatic rings. The van der Waals surface area contributed by atoms with Crippen molar-refractivity contribution in [3.8, 4) is 11.5 Å². The molecular formula is C15H18O3. The lowest BCUT2D eigenvalue weighted by atomic mass is 10.1. The van der Waals surface area contributed by atoms with Gasteiger partial charge in [0.1, 0.15) is 0 Å². The third-order valence-corrected chi connectivity index (χ3v) is 2.87. The van der Waals surface area contributed by atoms with Crippen LogP contribution in [-0.2, 0) is 4.79 Å². The first-order chi connectivity index (χ1) is 8.60. The fraction of sp³-hybridized carbons (Fsp3) is 0.400. The Kier molecular flexibility index (Phi) is 3.70. The zero-order chi connectivity index (χ0) is 13.1. The molecule has 96 valence electrons. The largest absolute Gasteiger partial charge is 0.493 e. The number of hydrogen-bond donors (Lipinski definition) is 0. The quantitative estimate of drug-likeness (QED) is 0.818. The van der Waals surface area contributed by atoms with Gasteiger partial charge in [0.25, 0.3) is 0 Å². The number of carbonyl (C=O) groups excluding carboxylic acids is 1. The maximum Gasteiger partial charge on any atom is 0.161 e. The van der Waals surface area contributed by atoms with E-state index in [4.69, 9.17) is 9.47 Å². The van der Waals surface area contributed by atoms with E-state index in [0.29, 0.717) is 12.2 Å². The number of ether oxygens (including phenoxy) is 2. The van der Waals surface area contributed by atoms with Crippen molar-refractivity contribution < 1.29 is 14.3 Å². The second-order valence-electron chi connectivity index (χ2n) is 4.67. The summed E-state index contributed by atoms with van der Waals surface area (Å²) in [5.41, 5.74) is 2.11. The van der Waals surface area contributed by atoms with Crippen LogP contribution in [0.1, 0.15) is 32.3 Å². The van der Waals surface area contributed by atoms with Crippen molar-refractivity contribution >= 4 is 11.4 Å². The fourth-order valence-electron chi connectivity index (χ4n) is 2.04. The molecule has 1 aromatic rings. The summed E-state index contributed by atoms with van der Waals surface area (Å²) in [5, 5.41) is 0. The molecule has 0 fully saturated rings. The van der Waals surface area contributed by atoms with E-state index in [1.165, 1.54) is 0 Å². The molecule has 0 saturated heterocycles. The Morgan fingerprint density at radius 1 is 1.17 bits per heavy atom. The molecule has 1 aromatic carbocycles. The Balaban J connectivity index is 2.30. The third kappa shape index (κ3) is 2.73. The molecule has 0 aliphatic heterocycles. The van der Waals surface area contributed by atoms with E-state index in [2.05, 4.69) is 0 Å². The summed E-state index contributed by atoms with van der Waals surface area (Å²) in [4.78, 5) is 11.3. The predicted molar refractivity (Wildman–Crippen MR) is 71.0 cm³/mol. The van der Waals surface area contributed by atoms with Crippen LogP contribution in [0.2, 0.25) is 0 Å². The highest BCUT2D eigenvalue weighted by molar-refractivity contribution is 6.01. The molecule has 18 heavy (non-hydrogen) atoms. The molecule has 0 radical (unpaired) electrons. The summed E-state index contributed by atoms with van der Waals surface area (Å²) in [6, 6.07) is 5.81. The van der Waals surface area contributed by atoms with E-state index >= 15 is 0 Å². The van der Waals surface area contributed by atoms with Crippen molar-refractivity contribution in [2.45, 2.75) is 32.8 Å². The van der Waals surface area contributed by atoms with Crippen LogP contribution in [0, 0.1) is 0 Å². The van der Waals surface area contributed by atoms with Crippen molar-refractivity contribution in [3.63, 3.8) is 0 Å². The summed E-state index contributed by atoms with van der Waals surface area (Å²) in [5.74, 6) is 1.65. The van der Waals surface area contributed by atoms with Gasteiger partial charge >= 0.3 is 0 Å². The summed E-state index contributed by atoms with van der Waals surface area (Å²) in [6.45, 7) is 3.96. The van der Waals surface area contributed by atoms with Crippen molar-refractivity contribution in [1.29, 1.82) is 0 Å². The van der Waals surface area contributed by atoms with Gasteiger partial charge in [-0.05, 0) is 49.6 Å². The van der Waals surface area contributed by atoms with E-state index in [0.717, 1.165) is 23.3 Å². The molecule has 0 heterocycles. The number of methoxy groups -OCH3 is 1. The molecule has 0 aromatic heterocycles. The number of hydrogen-bond acceptors (Lipinski definition) is 3. The van der Waals surface area contributed by atoms with Crippen LogP contribution in [0.15, 0.2) is 24.3 Å². The molecule has 0 bridgehead atoms. The Labute approximate surface area is 107 Å². The molecule has 3 heteroatoms. The van der Waals surface area contributed by atoms with Crippen molar-refractivity contribution in [3.05, 3.63) is 29.8 Å². The first-order valence-electron chi connectivity index (χ1n) is 6.18. The van der Waals surface area contributed by atoms with Crippen LogP contribution in [0.3, 0.4) is 0 Å². The summed E-state index contributed by atoms with van der Waals surface area (Å²) >= 11 is 0. The number of allylic oxidation sites excluding steroid dienone is 2. The molecule has 1 aliphatic carbocycles. The summed E-state index contributed by atoms with van der Waals surface area (Å²) in [6.07, 6.45) is 3.25. The van der Waals surface area contributed by atoms with Crippen LogP contribution in [0.5, 0.6) is 11.5 Å². The van der Waals surface area contributed by atoms with Crippen molar-refractivity contribution in [2.24, 2.45) is 0 Å². The molecule has 0 atom stereocenters. The van der Waals surface area contributed by atoms with Crippen LogP contribution < -0.4 is 9.47 Å². The fourth-order valence-corrected chi connectivity index (χ4v) is 2.04. The minimum absolute atomic E-state index is 0.108. The van der Waals surface area contributed by atoms with Gasteiger partial charge in [-0.15, -0.1) is 0 Å². The number of benzene rings is 1. The first kappa shape index (κ1) is 12.7. The molecule has 0 amide bonds. The highest BCUT2D eigenvalue weighted by Gasteiger charge is 2.15. The lowest BCUT2D eigenvalue weighted by Crippen LogP contribution is -2.06. The minimum atomic E-state index is 0.108. The maximum absolute atomic E-state index is 11.3. The van der Waals surface area contributed by atoms with Gasteiger partial charge < -0.3 is 9.47 Å². The predicted octanol–water partition coefficient (Wildman–Crippen LogP) is 3.23. The lowest BCUT2D eigenvalue weighted by molar-refractivity contribution is -0.114. The van der Waals surface area contributed by atoms with Crippen LogP contribution in [0.25, 0.3) is 5.57 Å². The van der Waals surface area contributed by atoms with Gasteiger partial charge in [-0.3, -0.25) is 4.79 Å².